The van der Waals surface area contributed by atoms with Crippen LogP contribution in [0.25, 0.3) is 0 Å². The molecule has 1 aromatic heterocycles. The van der Waals surface area contributed by atoms with Crippen molar-refractivity contribution in [2.24, 2.45) is 0 Å². The van der Waals surface area contributed by atoms with E-state index in [9.17, 15) is 18.0 Å². The van der Waals surface area contributed by atoms with Gasteiger partial charge in [0.2, 0.25) is 5.91 Å². The third-order valence-corrected chi connectivity index (χ3v) is 4.11. The molecular formula is C21H19F3N2O2. The molecule has 3 aromatic rings. The second-order valence-electron chi connectivity index (χ2n) is 6.28. The maximum Gasteiger partial charge on any atom is 0.416 e. The summed E-state index contributed by atoms with van der Waals surface area (Å²) in [6.07, 6.45) is -2.57. The van der Waals surface area contributed by atoms with Gasteiger partial charge in [-0.15, -0.1) is 0 Å². The van der Waals surface area contributed by atoms with Gasteiger partial charge in [0.25, 0.3) is 0 Å². The maximum absolute atomic E-state index is 12.8. The Bertz CT molecular complexity index is 904. The molecule has 7 heteroatoms. The average molecular weight is 388 g/mol. The Kier molecular flexibility index (Phi) is 6.03. The van der Waals surface area contributed by atoms with Crippen LogP contribution in [0.5, 0.6) is 0 Å². The number of carbonyl (C=O) groups is 1. The summed E-state index contributed by atoms with van der Waals surface area (Å²) < 4.78 is 43.4. The zero-order valence-corrected chi connectivity index (χ0v) is 14.9. The summed E-state index contributed by atoms with van der Waals surface area (Å²) in [7, 11) is 0. The Labute approximate surface area is 160 Å². The number of anilines is 1. The lowest BCUT2D eigenvalue weighted by Gasteiger charge is -2.11. The first-order valence-electron chi connectivity index (χ1n) is 8.68. The van der Waals surface area contributed by atoms with E-state index in [1.54, 1.807) is 48.7 Å². The van der Waals surface area contributed by atoms with E-state index in [-0.39, 0.29) is 18.9 Å². The Morgan fingerprint density at radius 1 is 0.929 bits per heavy atom. The molecule has 0 aliphatic heterocycles. The van der Waals surface area contributed by atoms with Crippen LogP contribution in [-0.2, 0) is 30.5 Å². The Morgan fingerprint density at radius 2 is 1.71 bits per heavy atom. The van der Waals surface area contributed by atoms with E-state index in [1.807, 2.05) is 0 Å². The second kappa shape index (κ2) is 8.65. The number of hydrogen-bond acceptors (Lipinski definition) is 3. The molecule has 0 aliphatic rings. The molecule has 0 spiro atoms. The summed E-state index contributed by atoms with van der Waals surface area (Å²) in [5, 5.41) is 5.86. The summed E-state index contributed by atoms with van der Waals surface area (Å²) >= 11 is 0. The molecule has 0 atom stereocenters. The van der Waals surface area contributed by atoms with Crippen molar-refractivity contribution in [3.63, 3.8) is 0 Å². The van der Waals surface area contributed by atoms with Crippen LogP contribution in [0.3, 0.4) is 0 Å². The number of halogens is 3. The molecule has 4 nitrogen and oxygen atoms in total. The zero-order valence-electron chi connectivity index (χ0n) is 14.9. The standard InChI is InChI=1S/C21H19F3N2O2/c22-21(23,24)17-4-1-3-16(11-17)13-25-18-8-6-15(7-9-18)12-20(27)26-14-19-5-2-10-28-19/h1-11,25H,12-14H2,(H,26,27). The first-order chi connectivity index (χ1) is 13.4. The summed E-state index contributed by atoms with van der Waals surface area (Å²) in [4.78, 5) is 12.0. The van der Waals surface area contributed by atoms with Gasteiger partial charge in [0, 0.05) is 12.2 Å². The van der Waals surface area contributed by atoms with E-state index >= 15 is 0 Å². The topological polar surface area (TPSA) is 54.3 Å². The number of amides is 1. The quantitative estimate of drug-likeness (QED) is 0.613. The van der Waals surface area contributed by atoms with Crippen molar-refractivity contribution in [2.45, 2.75) is 25.7 Å². The van der Waals surface area contributed by atoms with E-state index in [2.05, 4.69) is 10.6 Å². The third kappa shape index (κ3) is 5.64. The molecule has 0 bridgehead atoms. The summed E-state index contributed by atoms with van der Waals surface area (Å²) in [6.45, 7) is 0.607. The molecule has 0 saturated heterocycles. The molecule has 0 unspecified atom stereocenters. The summed E-state index contributed by atoms with van der Waals surface area (Å²) in [5.41, 5.74) is 1.47. The molecule has 1 amide bonds. The molecule has 1 heterocycles. The van der Waals surface area contributed by atoms with Gasteiger partial charge in [0.1, 0.15) is 5.76 Å². The number of hydrogen-bond donors (Lipinski definition) is 2. The lowest BCUT2D eigenvalue weighted by atomic mass is 10.1. The molecule has 3 rings (SSSR count). The van der Waals surface area contributed by atoms with Crippen molar-refractivity contribution in [2.75, 3.05) is 5.32 Å². The fourth-order valence-electron chi connectivity index (χ4n) is 2.65. The molecular weight excluding hydrogens is 369 g/mol. The Balaban J connectivity index is 1.50. The Hall–Kier alpha value is -3.22. The number of nitrogens with one attached hydrogen (secondary N) is 2. The first kappa shape index (κ1) is 19.5. The molecule has 2 aromatic carbocycles. The first-order valence-corrected chi connectivity index (χ1v) is 8.68. The van der Waals surface area contributed by atoms with Gasteiger partial charge in [-0.05, 0) is 47.5 Å². The second-order valence-corrected chi connectivity index (χ2v) is 6.28. The predicted octanol–water partition coefficient (Wildman–Crippen LogP) is 4.77. The SMILES string of the molecule is O=C(Cc1ccc(NCc2cccc(C(F)(F)F)c2)cc1)NCc1ccco1. The molecule has 28 heavy (non-hydrogen) atoms. The van der Waals surface area contributed by atoms with Crippen molar-refractivity contribution in [3.05, 3.63) is 89.4 Å². The molecule has 0 saturated carbocycles. The van der Waals surface area contributed by atoms with Crippen LogP contribution in [0.15, 0.2) is 71.3 Å². The highest BCUT2D eigenvalue weighted by Gasteiger charge is 2.30. The number of rotatable bonds is 7. The van der Waals surface area contributed by atoms with Crippen LogP contribution in [0, 0.1) is 0 Å². The van der Waals surface area contributed by atoms with E-state index in [4.69, 9.17) is 4.42 Å². The number of carbonyl (C=O) groups excluding carboxylic acids is 1. The van der Waals surface area contributed by atoms with Crippen LogP contribution < -0.4 is 10.6 Å². The minimum Gasteiger partial charge on any atom is -0.467 e. The van der Waals surface area contributed by atoms with Crippen molar-refractivity contribution in [1.82, 2.24) is 5.32 Å². The molecule has 0 fully saturated rings. The van der Waals surface area contributed by atoms with Gasteiger partial charge < -0.3 is 15.1 Å². The minimum absolute atomic E-state index is 0.124. The minimum atomic E-state index is -4.35. The smallest absolute Gasteiger partial charge is 0.416 e. The van der Waals surface area contributed by atoms with Crippen LogP contribution in [0.2, 0.25) is 0 Å². The van der Waals surface area contributed by atoms with E-state index in [0.29, 0.717) is 17.9 Å². The van der Waals surface area contributed by atoms with E-state index in [0.717, 1.165) is 23.4 Å². The van der Waals surface area contributed by atoms with Crippen LogP contribution in [0.1, 0.15) is 22.5 Å². The summed E-state index contributed by atoms with van der Waals surface area (Å²) in [6, 6.07) is 16.0. The van der Waals surface area contributed by atoms with Gasteiger partial charge in [-0.2, -0.15) is 13.2 Å². The number of benzene rings is 2. The van der Waals surface area contributed by atoms with Crippen molar-refractivity contribution < 1.29 is 22.4 Å². The number of alkyl halides is 3. The lowest BCUT2D eigenvalue weighted by Crippen LogP contribution is -2.24. The fourth-order valence-corrected chi connectivity index (χ4v) is 2.65. The van der Waals surface area contributed by atoms with E-state index < -0.39 is 11.7 Å². The highest BCUT2D eigenvalue weighted by atomic mass is 19.4. The largest absolute Gasteiger partial charge is 0.467 e. The van der Waals surface area contributed by atoms with Crippen LogP contribution in [-0.4, -0.2) is 5.91 Å². The lowest BCUT2D eigenvalue weighted by molar-refractivity contribution is -0.137. The van der Waals surface area contributed by atoms with Crippen molar-refractivity contribution in [1.29, 1.82) is 0 Å². The van der Waals surface area contributed by atoms with Gasteiger partial charge in [-0.25, -0.2) is 0 Å². The van der Waals surface area contributed by atoms with Gasteiger partial charge in [0.15, 0.2) is 0 Å². The highest BCUT2D eigenvalue weighted by Crippen LogP contribution is 2.29. The average Bonchev–Trinajstić information content (AvgIpc) is 3.19. The molecule has 2 N–H and O–H groups in total. The van der Waals surface area contributed by atoms with Gasteiger partial charge in [0.05, 0.1) is 24.8 Å². The predicted molar refractivity (Wildman–Crippen MR) is 99.5 cm³/mol. The fraction of sp³-hybridized carbons (Fsp3) is 0.190. The molecule has 146 valence electrons. The normalized spacial score (nSPS) is 11.2. The Morgan fingerprint density at radius 3 is 2.39 bits per heavy atom. The van der Waals surface area contributed by atoms with Crippen molar-refractivity contribution in [3.8, 4) is 0 Å². The van der Waals surface area contributed by atoms with Crippen LogP contribution in [0.4, 0.5) is 18.9 Å². The highest BCUT2D eigenvalue weighted by molar-refractivity contribution is 5.78. The molecule has 0 aliphatic carbocycles. The number of furan rings is 1. The summed E-state index contributed by atoms with van der Waals surface area (Å²) in [5.74, 6) is 0.559. The van der Waals surface area contributed by atoms with Gasteiger partial charge in [-0.1, -0.05) is 24.3 Å². The zero-order chi connectivity index (χ0) is 20.0. The van der Waals surface area contributed by atoms with Crippen LogP contribution >= 0.6 is 0 Å². The molecule has 0 radical (unpaired) electrons. The van der Waals surface area contributed by atoms with Gasteiger partial charge >= 0.3 is 6.18 Å². The van der Waals surface area contributed by atoms with E-state index in [1.165, 1.54) is 6.07 Å². The van der Waals surface area contributed by atoms with Gasteiger partial charge in [-0.3, -0.25) is 4.79 Å². The monoisotopic (exact) mass is 388 g/mol. The maximum atomic E-state index is 12.8. The third-order valence-electron chi connectivity index (χ3n) is 4.11. The van der Waals surface area contributed by atoms with Crippen molar-refractivity contribution >= 4 is 11.6 Å².